The smallest absolute Gasteiger partial charge is 0.148 e. The minimum Gasteiger partial charge on any atom is -0.368 e. The van der Waals surface area contributed by atoms with Crippen molar-refractivity contribution in [1.29, 1.82) is 0 Å². The van der Waals surface area contributed by atoms with Gasteiger partial charge >= 0.3 is 0 Å². The van der Waals surface area contributed by atoms with Gasteiger partial charge in [-0.2, -0.15) is 0 Å². The van der Waals surface area contributed by atoms with E-state index in [1.807, 2.05) is 0 Å². The highest BCUT2D eigenvalue weighted by Crippen LogP contribution is 2.20. The van der Waals surface area contributed by atoms with E-state index in [0.717, 1.165) is 0 Å². The molecule has 0 amide bonds. The number of pyridine rings is 1. The van der Waals surface area contributed by atoms with Crippen LogP contribution in [0.2, 0.25) is 10.0 Å². The number of anilines is 1. The number of rotatable bonds is 4. The third-order valence-corrected chi connectivity index (χ3v) is 3.16. The van der Waals surface area contributed by atoms with Gasteiger partial charge in [-0.1, -0.05) is 23.2 Å². The Labute approximate surface area is 120 Å². The van der Waals surface area contributed by atoms with Gasteiger partial charge in [-0.15, -0.1) is 0 Å². The van der Waals surface area contributed by atoms with Crippen LogP contribution < -0.4 is 5.32 Å². The van der Waals surface area contributed by atoms with E-state index in [1.165, 1.54) is 18.6 Å². The van der Waals surface area contributed by atoms with Crippen LogP contribution in [0.25, 0.3) is 0 Å². The second-order valence-corrected chi connectivity index (χ2v) is 4.69. The van der Waals surface area contributed by atoms with Gasteiger partial charge in [0.05, 0.1) is 16.4 Å². The maximum Gasteiger partial charge on any atom is 0.148 e. The van der Waals surface area contributed by atoms with Gasteiger partial charge in [0.25, 0.3) is 0 Å². The van der Waals surface area contributed by atoms with Crippen molar-refractivity contribution in [1.82, 2.24) is 15.0 Å². The molecule has 0 aliphatic rings. The average molecular weight is 301 g/mol. The lowest BCUT2D eigenvalue weighted by atomic mass is 10.2. The molecular weight excluding hydrogens is 290 g/mol. The monoisotopic (exact) mass is 300 g/mol. The Hall–Kier alpha value is -1.46. The standard InChI is InChI=1S/C12H11Cl2FN4/c1-7-11(14)12(19-6-18-7)16-3-2-10-9(15)4-8(13)5-17-10/h4-6H,2-3H2,1H3,(H,16,18,19). The van der Waals surface area contributed by atoms with E-state index in [0.29, 0.717) is 35.2 Å². The molecular formula is C12H11Cl2FN4. The third-order valence-electron chi connectivity index (χ3n) is 2.50. The van der Waals surface area contributed by atoms with Gasteiger partial charge in [0.1, 0.15) is 23.0 Å². The van der Waals surface area contributed by atoms with Gasteiger partial charge in [0, 0.05) is 19.2 Å². The molecule has 2 rings (SSSR count). The highest BCUT2D eigenvalue weighted by molar-refractivity contribution is 6.33. The quantitative estimate of drug-likeness (QED) is 0.941. The molecule has 0 unspecified atom stereocenters. The van der Waals surface area contributed by atoms with Crippen molar-refractivity contribution in [3.05, 3.63) is 45.8 Å². The SMILES string of the molecule is Cc1ncnc(NCCc2ncc(Cl)cc2F)c1Cl. The topological polar surface area (TPSA) is 50.7 Å². The molecule has 19 heavy (non-hydrogen) atoms. The summed E-state index contributed by atoms with van der Waals surface area (Å²) in [4.78, 5) is 11.9. The Morgan fingerprint density at radius 3 is 2.79 bits per heavy atom. The zero-order chi connectivity index (χ0) is 13.8. The number of halogens is 3. The second-order valence-electron chi connectivity index (χ2n) is 3.88. The summed E-state index contributed by atoms with van der Waals surface area (Å²) in [6.07, 6.45) is 3.24. The predicted molar refractivity (Wildman–Crippen MR) is 73.2 cm³/mol. The van der Waals surface area contributed by atoms with Crippen LogP contribution in [0.4, 0.5) is 10.2 Å². The van der Waals surface area contributed by atoms with Gasteiger partial charge in [0.2, 0.25) is 0 Å². The molecule has 0 saturated heterocycles. The van der Waals surface area contributed by atoms with Gasteiger partial charge in [-0.05, 0) is 13.0 Å². The van der Waals surface area contributed by atoms with Crippen LogP contribution in [0.1, 0.15) is 11.4 Å². The highest BCUT2D eigenvalue weighted by Gasteiger charge is 2.07. The fraction of sp³-hybridized carbons (Fsp3) is 0.250. The van der Waals surface area contributed by atoms with E-state index in [1.54, 1.807) is 6.92 Å². The molecule has 0 radical (unpaired) electrons. The maximum atomic E-state index is 13.5. The molecule has 0 fully saturated rings. The highest BCUT2D eigenvalue weighted by atomic mass is 35.5. The van der Waals surface area contributed by atoms with Crippen LogP contribution in [0, 0.1) is 12.7 Å². The first-order valence-corrected chi connectivity index (χ1v) is 6.34. The molecule has 2 aromatic heterocycles. The van der Waals surface area contributed by atoms with E-state index in [9.17, 15) is 4.39 Å². The normalized spacial score (nSPS) is 10.5. The summed E-state index contributed by atoms with van der Waals surface area (Å²) in [7, 11) is 0. The van der Waals surface area contributed by atoms with Gasteiger partial charge in [0.15, 0.2) is 0 Å². The van der Waals surface area contributed by atoms with Crippen molar-refractivity contribution in [3.63, 3.8) is 0 Å². The summed E-state index contributed by atoms with van der Waals surface area (Å²) in [5.41, 5.74) is 1.04. The first-order valence-electron chi connectivity index (χ1n) is 5.59. The van der Waals surface area contributed by atoms with E-state index in [-0.39, 0.29) is 5.02 Å². The molecule has 0 aromatic carbocycles. The van der Waals surface area contributed by atoms with Crippen molar-refractivity contribution in [3.8, 4) is 0 Å². The first-order chi connectivity index (χ1) is 9.08. The molecule has 100 valence electrons. The van der Waals surface area contributed by atoms with Crippen LogP contribution in [0.3, 0.4) is 0 Å². The molecule has 0 aliphatic carbocycles. The van der Waals surface area contributed by atoms with Crippen LogP contribution in [-0.4, -0.2) is 21.5 Å². The molecule has 4 nitrogen and oxygen atoms in total. The Kier molecular flexibility index (Phi) is 4.50. The third kappa shape index (κ3) is 3.52. The van der Waals surface area contributed by atoms with Crippen LogP contribution in [0.5, 0.6) is 0 Å². The second kappa shape index (κ2) is 6.12. The molecule has 1 N–H and O–H groups in total. The number of nitrogens with one attached hydrogen (secondary N) is 1. The van der Waals surface area contributed by atoms with Crippen molar-refractivity contribution < 1.29 is 4.39 Å². The van der Waals surface area contributed by atoms with Gasteiger partial charge < -0.3 is 5.32 Å². The van der Waals surface area contributed by atoms with E-state index in [4.69, 9.17) is 23.2 Å². The summed E-state index contributed by atoms with van der Waals surface area (Å²) in [5.74, 6) is 0.114. The minimum atomic E-state index is -0.417. The van der Waals surface area contributed by atoms with Crippen molar-refractivity contribution in [2.24, 2.45) is 0 Å². The largest absolute Gasteiger partial charge is 0.368 e. The molecule has 2 aromatic rings. The Morgan fingerprint density at radius 2 is 2.05 bits per heavy atom. The lowest BCUT2D eigenvalue weighted by Crippen LogP contribution is -2.09. The summed E-state index contributed by atoms with van der Waals surface area (Å²) in [6, 6.07) is 1.24. The first kappa shape index (κ1) is 14.0. The number of aromatic nitrogens is 3. The lowest BCUT2D eigenvalue weighted by Gasteiger charge is -2.08. The molecule has 0 saturated carbocycles. The van der Waals surface area contributed by atoms with Crippen LogP contribution in [0.15, 0.2) is 18.6 Å². The van der Waals surface area contributed by atoms with Gasteiger partial charge in [-0.25, -0.2) is 14.4 Å². The molecule has 0 atom stereocenters. The fourth-order valence-corrected chi connectivity index (χ4v) is 1.82. The number of hydrogen-bond donors (Lipinski definition) is 1. The minimum absolute atomic E-state index is 0.281. The van der Waals surface area contributed by atoms with Crippen molar-refractivity contribution in [2.75, 3.05) is 11.9 Å². The number of nitrogens with zero attached hydrogens (tertiary/aromatic N) is 3. The summed E-state index contributed by atoms with van der Waals surface area (Å²) < 4.78 is 13.5. The maximum absolute atomic E-state index is 13.5. The predicted octanol–water partition coefficient (Wildman–Crippen LogP) is 3.28. The Balaban J connectivity index is 1.98. The number of aryl methyl sites for hydroxylation is 1. The van der Waals surface area contributed by atoms with Crippen molar-refractivity contribution >= 4 is 29.0 Å². The van der Waals surface area contributed by atoms with E-state index >= 15 is 0 Å². The Morgan fingerprint density at radius 1 is 1.26 bits per heavy atom. The molecule has 0 spiro atoms. The molecule has 0 aliphatic heterocycles. The van der Waals surface area contributed by atoms with E-state index < -0.39 is 5.82 Å². The van der Waals surface area contributed by atoms with Crippen molar-refractivity contribution in [2.45, 2.75) is 13.3 Å². The fourth-order valence-electron chi connectivity index (χ4n) is 1.51. The van der Waals surface area contributed by atoms with E-state index in [2.05, 4.69) is 20.3 Å². The average Bonchev–Trinajstić information content (AvgIpc) is 2.37. The zero-order valence-electron chi connectivity index (χ0n) is 10.1. The lowest BCUT2D eigenvalue weighted by molar-refractivity contribution is 0.600. The molecule has 7 heteroatoms. The summed E-state index contributed by atoms with van der Waals surface area (Å²) in [6.45, 7) is 2.25. The Bertz CT molecular complexity index is 592. The number of hydrogen-bond acceptors (Lipinski definition) is 4. The summed E-state index contributed by atoms with van der Waals surface area (Å²) in [5, 5.41) is 3.77. The molecule has 0 bridgehead atoms. The zero-order valence-corrected chi connectivity index (χ0v) is 11.6. The van der Waals surface area contributed by atoms with Crippen LogP contribution in [-0.2, 0) is 6.42 Å². The van der Waals surface area contributed by atoms with Gasteiger partial charge in [-0.3, -0.25) is 4.98 Å². The summed E-state index contributed by atoms with van der Waals surface area (Å²) >= 11 is 11.7. The van der Waals surface area contributed by atoms with Crippen LogP contribution >= 0.6 is 23.2 Å². The molecule has 2 heterocycles.